The maximum absolute atomic E-state index is 11.0. The molecule has 0 aromatic heterocycles. The lowest BCUT2D eigenvalue weighted by atomic mass is 9.80. The highest BCUT2D eigenvalue weighted by molar-refractivity contribution is 5.67. The quantitative estimate of drug-likeness (QED) is 0.405. The maximum Gasteiger partial charge on any atom is 0.306 e. The third-order valence-electron chi connectivity index (χ3n) is 5.23. The molecule has 0 aromatic carbocycles. The van der Waals surface area contributed by atoms with Gasteiger partial charge in [0.25, 0.3) is 0 Å². The predicted molar refractivity (Wildman–Crippen MR) is 101 cm³/mol. The first-order valence-electron chi connectivity index (χ1n) is 9.80. The molecule has 1 saturated heterocycles. The number of carboxylic acids is 1. The second-order valence-electron chi connectivity index (χ2n) is 7.31. The van der Waals surface area contributed by atoms with Gasteiger partial charge in [-0.3, -0.25) is 4.79 Å². The summed E-state index contributed by atoms with van der Waals surface area (Å²) in [4.78, 5) is 22.4. The molecule has 1 N–H and O–H groups in total. The Bertz CT molecular complexity index is 469. The van der Waals surface area contributed by atoms with Crippen molar-refractivity contribution >= 4 is 5.97 Å². The van der Waals surface area contributed by atoms with Crippen molar-refractivity contribution < 1.29 is 19.7 Å². The molecule has 4 heteroatoms. The zero-order valence-electron chi connectivity index (χ0n) is 16.6. The van der Waals surface area contributed by atoms with Crippen LogP contribution in [0.3, 0.4) is 0 Å². The van der Waals surface area contributed by atoms with Crippen molar-refractivity contribution in [2.75, 3.05) is 0 Å². The minimum Gasteiger partial charge on any atom is -0.481 e. The number of aliphatic carboxylic acids is 1. The van der Waals surface area contributed by atoms with Crippen molar-refractivity contribution in [3.63, 3.8) is 0 Å². The van der Waals surface area contributed by atoms with Gasteiger partial charge >= 0.3 is 5.97 Å². The van der Waals surface area contributed by atoms with Crippen LogP contribution in [0.15, 0.2) is 23.8 Å². The molecule has 25 heavy (non-hydrogen) atoms. The second kappa shape index (κ2) is 10.8. The Kier molecular flexibility index (Phi) is 9.44. The maximum atomic E-state index is 11.0. The van der Waals surface area contributed by atoms with Crippen molar-refractivity contribution in [1.82, 2.24) is 0 Å². The third kappa shape index (κ3) is 6.95. The lowest BCUT2D eigenvalue weighted by molar-refractivity contribution is -0.409. The molecule has 1 aliphatic heterocycles. The van der Waals surface area contributed by atoms with E-state index in [1.165, 1.54) is 5.57 Å². The van der Waals surface area contributed by atoms with Crippen LogP contribution in [0.2, 0.25) is 0 Å². The van der Waals surface area contributed by atoms with Crippen molar-refractivity contribution in [3.8, 4) is 0 Å². The molecule has 4 atom stereocenters. The lowest BCUT2D eigenvalue weighted by Gasteiger charge is -2.41. The Morgan fingerprint density at radius 2 is 2.04 bits per heavy atom. The van der Waals surface area contributed by atoms with Crippen molar-refractivity contribution in [2.24, 2.45) is 11.8 Å². The number of hydrogen-bond donors (Lipinski definition) is 1. The highest BCUT2D eigenvalue weighted by Crippen LogP contribution is 2.39. The Morgan fingerprint density at radius 3 is 2.56 bits per heavy atom. The van der Waals surface area contributed by atoms with Crippen LogP contribution in [0.4, 0.5) is 0 Å². The SMILES string of the molecule is CC/C=C/C(CC)C/C(C)=C/[C@@]1(CC)C[C@@H](CC)[C@@H](CC(=O)O)OO1. The van der Waals surface area contributed by atoms with Crippen LogP contribution in [0, 0.1) is 11.8 Å². The third-order valence-corrected chi connectivity index (χ3v) is 5.23. The molecule has 1 fully saturated rings. The first kappa shape index (κ1) is 21.9. The zero-order valence-corrected chi connectivity index (χ0v) is 16.6. The van der Waals surface area contributed by atoms with Gasteiger partial charge in [0.05, 0.1) is 6.42 Å². The van der Waals surface area contributed by atoms with Crippen LogP contribution in [-0.2, 0) is 14.6 Å². The molecule has 1 rings (SSSR count). The average molecular weight is 353 g/mol. The Balaban J connectivity index is 2.84. The van der Waals surface area contributed by atoms with Gasteiger partial charge in [0.15, 0.2) is 0 Å². The number of hydrogen-bond acceptors (Lipinski definition) is 3. The van der Waals surface area contributed by atoms with Gasteiger partial charge in [-0.2, -0.15) is 0 Å². The average Bonchev–Trinajstić information content (AvgIpc) is 2.59. The van der Waals surface area contributed by atoms with Gasteiger partial charge in [-0.05, 0) is 50.9 Å². The van der Waals surface area contributed by atoms with Crippen molar-refractivity contribution in [1.29, 1.82) is 0 Å². The van der Waals surface area contributed by atoms with E-state index in [0.29, 0.717) is 5.92 Å². The monoisotopic (exact) mass is 352 g/mol. The van der Waals surface area contributed by atoms with Crippen LogP contribution in [0.1, 0.15) is 79.6 Å². The number of allylic oxidation sites excluding steroid dienone is 3. The van der Waals surface area contributed by atoms with Gasteiger partial charge in [0.2, 0.25) is 0 Å². The largest absolute Gasteiger partial charge is 0.481 e. The molecule has 0 aliphatic carbocycles. The van der Waals surface area contributed by atoms with E-state index in [0.717, 1.165) is 38.5 Å². The topological polar surface area (TPSA) is 55.8 Å². The van der Waals surface area contributed by atoms with Gasteiger partial charge < -0.3 is 5.11 Å². The molecule has 0 saturated carbocycles. The fourth-order valence-electron chi connectivity index (χ4n) is 3.61. The number of carbonyl (C=O) groups is 1. The van der Waals surface area contributed by atoms with E-state index in [9.17, 15) is 4.79 Å². The summed E-state index contributed by atoms with van der Waals surface area (Å²) >= 11 is 0. The molecule has 1 aliphatic rings. The van der Waals surface area contributed by atoms with Crippen molar-refractivity contribution in [3.05, 3.63) is 23.8 Å². The molecule has 144 valence electrons. The molecule has 1 heterocycles. The van der Waals surface area contributed by atoms with E-state index >= 15 is 0 Å². The molecule has 4 nitrogen and oxygen atoms in total. The van der Waals surface area contributed by atoms with Crippen LogP contribution >= 0.6 is 0 Å². The molecule has 0 amide bonds. The Labute approximate surface area is 153 Å². The van der Waals surface area contributed by atoms with E-state index in [4.69, 9.17) is 14.9 Å². The zero-order chi connectivity index (χ0) is 18.9. The standard InChI is InChI=1S/C21H36O4/c1-6-10-11-17(7-2)12-16(5)14-21(9-4)15-18(8-3)19(24-25-21)13-20(22)23/h10-11,14,17-19H,6-9,12-13,15H2,1-5H3,(H,22,23)/b11-10+,16-14+/t17?,18-,19-,21+/m1/s1. The normalized spacial score (nSPS) is 29.1. The second-order valence-corrected chi connectivity index (χ2v) is 7.31. The summed E-state index contributed by atoms with van der Waals surface area (Å²) in [6.07, 6.45) is 12.2. The molecular weight excluding hydrogens is 316 g/mol. The summed E-state index contributed by atoms with van der Waals surface area (Å²) < 4.78 is 0. The number of carboxylic acid groups (broad SMARTS) is 1. The summed E-state index contributed by atoms with van der Waals surface area (Å²) in [5, 5.41) is 9.05. The van der Waals surface area contributed by atoms with Crippen LogP contribution in [0.25, 0.3) is 0 Å². The molecule has 0 bridgehead atoms. The first-order valence-corrected chi connectivity index (χ1v) is 9.80. The van der Waals surface area contributed by atoms with Crippen LogP contribution in [0.5, 0.6) is 0 Å². The summed E-state index contributed by atoms with van der Waals surface area (Å²) in [5.74, 6) is -0.0802. The summed E-state index contributed by atoms with van der Waals surface area (Å²) in [7, 11) is 0. The summed E-state index contributed by atoms with van der Waals surface area (Å²) in [6.45, 7) is 10.7. The van der Waals surface area contributed by atoms with E-state index < -0.39 is 11.6 Å². The summed E-state index contributed by atoms with van der Waals surface area (Å²) in [5.41, 5.74) is 0.872. The highest BCUT2D eigenvalue weighted by atomic mass is 17.2. The Hall–Kier alpha value is -1.13. The highest BCUT2D eigenvalue weighted by Gasteiger charge is 2.41. The van der Waals surface area contributed by atoms with E-state index in [1.807, 2.05) is 0 Å². The summed E-state index contributed by atoms with van der Waals surface area (Å²) in [6, 6.07) is 0. The van der Waals surface area contributed by atoms with Gasteiger partial charge in [-0.15, -0.1) is 0 Å². The first-order chi connectivity index (χ1) is 11.9. The van der Waals surface area contributed by atoms with Crippen molar-refractivity contribution in [2.45, 2.75) is 91.3 Å². The molecule has 0 radical (unpaired) electrons. The minimum atomic E-state index is -0.837. The molecular formula is C21H36O4. The lowest BCUT2D eigenvalue weighted by Crippen LogP contribution is -2.44. The fourth-order valence-corrected chi connectivity index (χ4v) is 3.61. The predicted octanol–water partition coefficient (Wildman–Crippen LogP) is 5.69. The van der Waals surface area contributed by atoms with Gasteiger partial charge in [0.1, 0.15) is 11.7 Å². The smallest absolute Gasteiger partial charge is 0.306 e. The van der Waals surface area contributed by atoms with E-state index in [1.54, 1.807) is 0 Å². The Morgan fingerprint density at radius 1 is 1.32 bits per heavy atom. The van der Waals surface area contributed by atoms with Gasteiger partial charge in [0, 0.05) is 0 Å². The van der Waals surface area contributed by atoms with Crippen LogP contribution in [-0.4, -0.2) is 22.8 Å². The number of rotatable bonds is 10. The minimum absolute atomic E-state index is 0.000713. The fraction of sp³-hybridized carbons (Fsp3) is 0.762. The molecule has 1 unspecified atom stereocenters. The van der Waals surface area contributed by atoms with Gasteiger partial charge in [-0.1, -0.05) is 57.9 Å². The van der Waals surface area contributed by atoms with E-state index in [-0.39, 0.29) is 18.4 Å². The van der Waals surface area contributed by atoms with E-state index in [2.05, 4.69) is 52.8 Å². The molecule has 0 aromatic rings. The van der Waals surface area contributed by atoms with Crippen LogP contribution < -0.4 is 0 Å². The molecule has 0 spiro atoms. The van der Waals surface area contributed by atoms with Gasteiger partial charge in [-0.25, -0.2) is 9.78 Å².